The van der Waals surface area contributed by atoms with Crippen molar-refractivity contribution in [1.29, 1.82) is 0 Å². The number of benzene rings is 3. The van der Waals surface area contributed by atoms with E-state index in [1.54, 1.807) is 6.20 Å². The van der Waals surface area contributed by atoms with Gasteiger partial charge in [-0.15, -0.1) is 0 Å². The number of para-hydroxylation sites is 1. The van der Waals surface area contributed by atoms with E-state index >= 15 is 0 Å². The summed E-state index contributed by atoms with van der Waals surface area (Å²) in [6, 6.07) is 29.1. The zero-order valence-electron chi connectivity index (χ0n) is 19.7. The molecule has 3 aromatic carbocycles. The Labute approximate surface area is 215 Å². The van der Waals surface area contributed by atoms with E-state index in [0.717, 1.165) is 39.2 Å². The molecule has 2 aromatic heterocycles. The summed E-state index contributed by atoms with van der Waals surface area (Å²) < 4.78 is 6.08. The van der Waals surface area contributed by atoms with Crippen molar-refractivity contribution < 1.29 is 9.53 Å². The van der Waals surface area contributed by atoms with Crippen LogP contribution in [0.25, 0.3) is 10.9 Å². The van der Waals surface area contributed by atoms with Crippen molar-refractivity contribution in [2.45, 2.75) is 18.8 Å². The zero-order valence-corrected chi connectivity index (χ0v) is 20.4. The number of H-pyrrole nitrogens is 1. The molecule has 0 radical (unpaired) electrons. The molecule has 0 spiro atoms. The summed E-state index contributed by atoms with van der Waals surface area (Å²) >= 11 is 6.33. The van der Waals surface area contributed by atoms with Gasteiger partial charge < -0.3 is 15.0 Å². The number of nitrogens with zero attached hydrogens (tertiary/aromatic N) is 1. The smallest absolute Gasteiger partial charge is 0.220 e. The summed E-state index contributed by atoms with van der Waals surface area (Å²) in [5.74, 6) is 1.27. The van der Waals surface area contributed by atoms with Gasteiger partial charge in [0, 0.05) is 59.3 Å². The first-order valence-electron chi connectivity index (χ1n) is 11.9. The molecule has 5 aromatic rings. The molecule has 36 heavy (non-hydrogen) atoms. The lowest BCUT2D eigenvalue weighted by Gasteiger charge is -2.18. The van der Waals surface area contributed by atoms with Crippen LogP contribution in [-0.2, 0) is 11.2 Å². The Morgan fingerprint density at radius 2 is 1.78 bits per heavy atom. The molecule has 1 atom stereocenters. The van der Waals surface area contributed by atoms with E-state index in [2.05, 4.69) is 15.3 Å². The molecule has 2 N–H and O–H groups in total. The molecular weight excluding hydrogens is 470 g/mol. The van der Waals surface area contributed by atoms with Crippen LogP contribution in [0, 0.1) is 0 Å². The number of hydrogen-bond donors (Lipinski definition) is 2. The Kier molecular flexibility index (Phi) is 7.29. The third kappa shape index (κ3) is 5.75. The molecule has 0 saturated heterocycles. The van der Waals surface area contributed by atoms with Gasteiger partial charge in [-0.05, 0) is 65.7 Å². The van der Waals surface area contributed by atoms with Crippen LogP contribution in [0.1, 0.15) is 29.2 Å². The SMILES string of the molecule is O=C(C[C@@H](c1cccc(Oc2ccccc2)c1)c1c[nH]c2ccc(Cl)cc12)NCCc1ccccn1. The highest BCUT2D eigenvalue weighted by molar-refractivity contribution is 6.31. The summed E-state index contributed by atoms with van der Waals surface area (Å²) in [7, 11) is 0. The third-order valence-electron chi connectivity index (χ3n) is 6.11. The van der Waals surface area contributed by atoms with Crippen LogP contribution >= 0.6 is 11.6 Å². The Hall–Kier alpha value is -4.09. The first-order valence-corrected chi connectivity index (χ1v) is 12.3. The van der Waals surface area contributed by atoms with Gasteiger partial charge in [0.05, 0.1) is 0 Å². The fourth-order valence-electron chi connectivity index (χ4n) is 4.36. The van der Waals surface area contributed by atoms with Crippen LogP contribution in [-0.4, -0.2) is 22.4 Å². The molecule has 0 aliphatic heterocycles. The average Bonchev–Trinajstić information content (AvgIpc) is 3.31. The molecule has 2 heterocycles. The van der Waals surface area contributed by atoms with Gasteiger partial charge in [0.15, 0.2) is 0 Å². The number of aromatic amines is 1. The molecule has 0 fully saturated rings. The van der Waals surface area contributed by atoms with Gasteiger partial charge in [-0.3, -0.25) is 9.78 Å². The summed E-state index contributed by atoms with van der Waals surface area (Å²) in [6.45, 7) is 0.527. The molecule has 6 heteroatoms. The number of fused-ring (bicyclic) bond motifs is 1. The van der Waals surface area contributed by atoms with E-state index in [4.69, 9.17) is 16.3 Å². The van der Waals surface area contributed by atoms with Crippen molar-refractivity contribution in [3.8, 4) is 11.5 Å². The van der Waals surface area contributed by atoms with Crippen LogP contribution < -0.4 is 10.1 Å². The standard InChI is InChI=1S/C30H26ClN3O2/c31-22-12-13-29-27(18-22)28(20-34-29)26(19-30(35)33-16-14-23-8-4-5-15-32-23)21-7-6-11-25(17-21)36-24-9-2-1-3-10-24/h1-13,15,17-18,20,26,34H,14,16,19H2,(H,33,35)/t26-/m0/s1. The predicted molar refractivity (Wildman–Crippen MR) is 144 cm³/mol. The number of hydrogen-bond acceptors (Lipinski definition) is 3. The van der Waals surface area contributed by atoms with E-state index in [9.17, 15) is 4.79 Å². The van der Waals surface area contributed by atoms with Crippen molar-refractivity contribution in [2.75, 3.05) is 6.54 Å². The van der Waals surface area contributed by atoms with Crippen molar-refractivity contribution in [3.63, 3.8) is 0 Å². The van der Waals surface area contributed by atoms with E-state index < -0.39 is 0 Å². The minimum absolute atomic E-state index is 0.0262. The molecule has 1 amide bonds. The van der Waals surface area contributed by atoms with E-state index in [1.807, 2.05) is 97.2 Å². The molecule has 0 unspecified atom stereocenters. The Balaban J connectivity index is 1.41. The van der Waals surface area contributed by atoms with Crippen LogP contribution in [0.2, 0.25) is 5.02 Å². The number of aromatic nitrogens is 2. The quantitative estimate of drug-likeness (QED) is 0.234. The lowest BCUT2D eigenvalue weighted by Crippen LogP contribution is -2.27. The van der Waals surface area contributed by atoms with Gasteiger partial charge in [-0.25, -0.2) is 0 Å². The van der Waals surface area contributed by atoms with Crippen molar-refractivity contribution in [1.82, 2.24) is 15.3 Å². The molecule has 0 bridgehead atoms. The second kappa shape index (κ2) is 11.1. The van der Waals surface area contributed by atoms with Crippen LogP contribution in [0.5, 0.6) is 11.5 Å². The van der Waals surface area contributed by atoms with E-state index in [0.29, 0.717) is 18.0 Å². The molecule has 0 aliphatic rings. The first kappa shape index (κ1) is 23.6. The van der Waals surface area contributed by atoms with E-state index in [1.165, 1.54) is 0 Å². The number of halogens is 1. The van der Waals surface area contributed by atoms with Crippen molar-refractivity contribution >= 4 is 28.4 Å². The molecular formula is C30H26ClN3O2. The molecule has 0 saturated carbocycles. The number of carbonyl (C=O) groups is 1. The van der Waals surface area contributed by atoms with Gasteiger partial charge >= 0.3 is 0 Å². The topological polar surface area (TPSA) is 67.0 Å². The highest BCUT2D eigenvalue weighted by atomic mass is 35.5. The lowest BCUT2D eigenvalue weighted by molar-refractivity contribution is -0.121. The highest BCUT2D eigenvalue weighted by Gasteiger charge is 2.22. The predicted octanol–water partition coefficient (Wildman–Crippen LogP) is 6.89. The van der Waals surface area contributed by atoms with Gasteiger partial charge in [0.1, 0.15) is 11.5 Å². The third-order valence-corrected chi connectivity index (χ3v) is 6.34. The minimum atomic E-state index is -0.189. The van der Waals surface area contributed by atoms with Crippen molar-refractivity contribution in [3.05, 3.63) is 125 Å². The Bertz CT molecular complexity index is 1450. The van der Waals surface area contributed by atoms with Crippen molar-refractivity contribution in [2.24, 2.45) is 0 Å². The number of carbonyl (C=O) groups excluding carboxylic acids is 1. The highest BCUT2D eigenvalue weighted by Crippen LogP contribution is 2.36. The second-order valence-electron chi connectivity index (χ2n) is 8.60. The molecule has 5 nitrogen and oxygen atoms in total. The summed E-state index contributed by atoms with van der Waals surface area (Å²) in [5.41, 5.74) is 3.94. The summed E-state index contributed by atoms with van der Waals surface area (Å²) in [4.78, 5) is 20.7. The number of amides is 1. The van der Waals surface area contributed by atoms with Gasteiger partial charge in [-0.2, -0.15) is 0 Å². The molecule has 180 valence electrons. The van der Waals surface area contributed by atoms with E-state index in [-0.39, 0.29) is 18.2 Å². The maximum Gasteiger partial charge on any atom is 0.220 e. The molecule has 0 aliphatic carbocycles. The minimum Gasteiger partial charge on any atom is -0.457 e. The monoisotopic (exact) mass is 495 g/mol. The lowest BCUT2D eigenvalue weighted by atomic mass is 9.88. The van der Waals surface area contributed by atoms with Gasteiger partial charge in [0.2, 0.25) is 5.91 Å². The van der Waals surface area contributed by atoms with Crippen LogP contribution in [0.15, 0.2) is 103 Å². The number of nitrogens with one attached hydrogen (secondary N) is 2. The Morgan fingerprint density at radius 1 is 0.944 bits per heavy atom. The average molecular weight is 496 g/mol. The number of rotatable bonds is 9. The maximum atomic E-state index is 13.1. The largest absolute Gasteiger partial charge is 0.457 e. The maximum absolute atomic E-state index is 13.1. The number of pyridine rings is 1. The van der Waals surface area contributed by atoms with Crippen LogP contribution in [0.3, 0.4) is 0 Å². The summed E-state index contributed by atoms with van der Waals surface area (Å²) in [5, 5.41) is 4.72. The Morgan fingerprint density at radius 3 is 2.61 bits per heavy atom. The normalized spacial score (nSPS) is 11.8. The zero-order chi connectivity index (χ0) is 24.7. The summed E-state index contributed by atoms with van der Waals surface area (Å²) in [6.07, 6.45) is 4.70. The van der Waals surface area contributed by atoms with Gasteiger partial charge in [-0.1, -0.05) is 48.0 Å². The second-order valence-corrected chi connectivity index (χ2v) is 9.04. The molecule has 5 rings (SSSR count). The first-order chi connectivity index (χ1) is 17.7. The van der Waals surface area contributed by atoms with Crippen LogP contribution in [0.4, 0.5) is 0 Å². The number of ether oxygens (including phenoxy) is 1. The van der Waals surface area contributed by atoms with Gasteiger partial charge in [0.25, 0.3) is 0 Å². The fraction of sp³-hybridized carbons (Fsp3) is 0.133. The fourth-order valence-corrected chi connectivity index (χ4v) is 4.54.